The van der Waals surface area contributed by atoms with Crippen LogP contribution in [0.4, 0.5) is 35.0 Å². The Kier molecular flexibility index (Phi) is 6.02. The molecule has 200 valence electrons. The predicted molar refractivity (Wildman–Crippen MR) is 136 cm³/mol. The third kappa shape index (κ3) is 4.69. The van der Waals surface area contributed by atoms with E-state index in [-0.39, 0.29) is 11.7 Å². The van der Waals surface area contributed by atoms with Crippen LogP contribution in [-0.4, -0.2) is 59.0 Å². The van der Waals surface area contributed by atoms with Crippen molar-refractivity contribution in [1.82, 2.24) is 15.0 Å². The van der Waals surface area contributed by atoms with Gasteiger partial charge in [0.05, 0.1) is 31.5 Å². The van der Waals surface area contributed by atoms with Gasteiger partial charge in [-0.15, -0.1) is 0 Å². The molecule has 2 aromatic heterocycles. The molecule has 2 N–H and O–H groups in total. The highest BCUT2D eigenvalue weighted by Gasteiger charge is 2.34. The first-order valence-electron chi connectivity index (χ1n) is 12.1. The third-order valence-electron chi connectivity index (χ3n) is 6.53. The number of amidine groups is 1. The average molecular weight is 539 g/mol. The Morgan fingerprint density at radius 1 is 1.18 bits per heavy atom. The number of fused-ring (bicyclic) bond motifs is 3. The number of alkyl halides is 3. The first-order chi connectivity index (χ1) is 18.7. The predicted octanol–water partition coefficient (Wildman–Crippen LogP) is 4.17. The number of aliphatic imine (C=N–C) groups is 1. The minimum absolute atomic E-state index is 0.158. The normalized spacial score (nSPS) is 16.6. The van der Waals surface area contributed by atoms with Crippen LogP contribution in [-0.2, 0) is 10.9 Å². The van der Waals surface area contributed by atoms with E-state index in [0.29, 0.717) is 60.6 Å². The molecule has 3 aromatic rings. The van der Waals surface area contributed by atoms with Gasteiger partial charge < -0.3 is 20.3 Å². The molecule has 9 nitrogen and oxygen atoms in total. The van der Waals surface area contributed by atoms with Crippen molar-refractivity contribution in [2.45, 2.75) is 19.1 Å². The van der Waals surface area contributed by atoms with Crippen LogP contribution >= 0.6 is 0 Å². The van der Waals surface area contributed by atoms with Crippen LogP contribution < -0.4 is 15.5 Å². The summed E-state index contributed by atoms with van der Waals surface area (Å²) in [4.78, 5) is 31.8. The van der Waals surface area contributed by atoms with Crippen LogP contribution in [0.5, 0.6) is 0 Å². The molecular formula is C26H21F4N7O2. The highest BCUT2D eigenvalue weighted by atomic mass is 19.4. The minimum Gasteiger partial charge on any atom is -0.377 e. The summed E-state index contributed by atoms with van der Waals surface area (Å²) >= 11 is 0. The molecule has 1 aromatic carbocycles. The molecule has 0 radical (unpaired) electrons. The zero-order chi connectivity index (χ0) is 27.3. The van der Waals surface area contributed by atoms with Crippen LogP contribution in [0, 0.1) is 12.7 Å². The highest BCUT2D eigenvalue weighted by Crippen LogP contribution is 2.37. The summed E-state index contributed by atoms with van der Waals surface area (Å²) in [6.07, 6.45) is -1.17. The molecule has 0 unspecified atom stereocenters. The van der Waals surface area contributed by atoms with Gasteiger partial charge in [0.2, 0.25) is 5.95 Å². The summed E-state index contributed by atoms with van der Waals surface area (Å²) in [7, 11) is 0. The smallest absolute Gasteiger partial charge is 0.377 e. The summed E-state index contributed by atoms with van der Waals surface area (Å²) in [5, 5.41) is 5.59. The van der Waals surface area contributed by atoms with Crippen molar-refractivity contribution in [3.63, 3.8) is 0 Å². The number of aromatic nitrogens is 3. The van der Waals surface area contributed by atoms with Crippen molar-refractivity contribution in [3.8, 4) is 0 Å². The van der Waals surface area contributed by atoms with E-state index in [1.54, 1.807) is 13.1 Å². The lowest BCUT2D eigenvalue weighted by Crippen LogP contribution is -2.41. The monoisotopic (exact) mass is 539 g/mol. The van der Waals surface area contributed by atoms with Crippen molar-refractivity contribution < 1.29 is 27.1 Å². The number of nitrogens with zero attached hydrogens (tertiary/aromatic N) is 5. The number of pyridine rings is 1. The Labute approximate surface area is 219 Å². The number of nitrogens with one attached hydrogen (secondary N) is 2. The second-order valence-electron chi connectivity index (χ2n) is 9.27. The van der Waals surface area contributed by atoms with Crippen molar-refractivity contribution in [3.05, 3.63) is 70.4 Å². The number of rotatable bonds is 5. The quantitative estimate of drug-likeness (QED) is 0.469. The van der Waals surface area contributed by atoms with Gasteiger partial charge in [-0.25, -0.2) is 14.4 Å². The van der Waals surface area contributed by atoms with Gasteiger partial charge in [-0.05, 0) is 48.4 Å². The van der Waals surface area contributed by atoms with Crippen molar-refractivity contribution in [2.75, 3.05) is 41.8 Å². The van der Waals surface area contributed by atoms with E-state index in [1.807, 2.05) is 11.0 Å². The van der Waals surface area contributed by atoms with Gasteiger partial charge in [-0.3, -0.25) is 9.79 Å². The molecule has 1 fully saturated rings. The molecule has 5 heterocycles. The molecule has 1 amide bonds. The number of hydrogen-bond acceptors (Lipinski definition) is 8. The molecule has 6 rings (SSSR count). The van der Waals surface area contributed by atoms with E-state index in [4.69, 9.17) is 4.74 Å². The first kappa shape index (κ1) is 24.9. The van der Waals surface area contributed by atoms with Crippen LogP contribution in [0.1, 0.15) is 32.9 Å². The maximum absolute atomic E-state index is 14.9. The Morgan fingerprint density at radius 3 is 2.74 bits per heavy atom. The van der Waals surface area contributed by atoms with Gasteiger partial charge in [-0.2, -0.15) is 18.2 Å². The minimum atomic E-state index is -4.72. The molecule has 0 spiro atoms. The molecule has 0 saturated carbocycles. The summed E-state index contributed by atoms with van der Waals surface area (Å²) in [5.74, 6) is 0.110. The van der Waals surface area contributed by atoms with Crippen molar-refractivity contribution >= 4 is 40.8 Å². The standard InChI is InChI=1S/C26H21F4N7O2/c1-13-7-18(27)20(35-24(38)19-3-2-4-21(34-19)26(28,29)30)9-16(13)17-8-14-10-32-25(33-15-11-39-12-15)36-22(14)37-6-5-31-23(17)37/h2-4,7-10,15H,5-6,11-12H2,1H3,(H,35,38)(H,32,33,36). The molecule has 3 aliphatic heterocycles. The number of carbonyl (C=O) groups is 1. The van der Waals surface area contributed by atoms with E-state index < -0.39 is 29.3 Å². The fourth-order valence-electron chi connectivity index (χ4n) is 4.54. The molecule has 13 heteroatoms. The van der Waals surface area contributed by atoms with Gasteiger partial charge in [0.25, 0.3) is 5.91 Å². The SMILES string of the molecule is Cc1cc(F)c(NC(=O)c2cccc(C(F)(F)F)n2)cc1C1=Cc2cnc(NC3COC3)nc2N2CCN=C12. The van der Waals surface area contributed by atoms with Gasteiger partial charge in [0.15, 0.2) is 0 Å². The lowest BCUT2D eigenvalue weighted by atomic mass is 9.94. The molecule has 39 heavy (non-hydrogen) atoms. The van der Waals surface area contributed by atoms with Crippen molar-refractivity contribution in [2.24, 2.45) is 4.99 Å². The zero-order valence-electron chi connectivity index (χ0n) is 20.5. The average Bonchev–Trinajstić information content (AvgIpc) is 3.37. The topological polar surface area (TPSA) is 105 Å². The van der Waals surface area contributed by atoms with Crippen LogP contribution in [0.3, 0.4) is 0 Å². The second-order valence-corrected chi connectivity index (χ2v) is 9.27. The number of carbonyl (C=O) groups excluding carboxylic acids is 1. The lowest BCUT2D eigenvalue weighted by Gasteiger charge is -2.30. The van der Waals surface area contributed by atoms with Gasteiger partial charge in [0.1, 0.15) is 28.9 Å². The second kappa shape index (κ2) is 9.42. The zero-order valence-corrected chi connectivity index (χ0v) is 20.5. The van der Waals surface area contributed by atoms with Crippen LogP contribution in [0.15, 0.2) is 41.5 Å². The van der Waals surface area contributed by atoms with Crippen LogP contribution in [0.2, 0.25) is 0 Å². The maximum Gasteiger partial charge on any atom is 0.433 e. The maximum atomic E-state index is 14.9. The Bertz CT molecular complexity index is 1550. The first-order valence-corrected chi connectivity index (χ1v) is 12.1. The fraction of sp³-hybridized carbons (Fsp3) is 0.269. The third-order valence-corrected chi connectivity index (χ3v) is 6.53. The molecule has 0 atom stereocenters. The molecular weight excluding hydrogens is 518 g/mol. The summed E-state index contributed by atoms with van der Waals surface area (Å²) in [6, 6.07) is 5.81. The van der Waals surface area contributed by atoms with E-state index in [2.05, 4.69) is 30.6 Å². The number of benzene rings is 1. The van der Waals surface area contributed by atoms with E-state index in [1.165, 1.54) is 12.1 Å². The molecule has 0 aliphatic carbocycles. The van der Waals surface area contributed by atoms with Gasteiger partial charge >= 0.3 is 6.18 Å². The fourth-order valence-corrected chi connectivity index (χ4v) is 4.54. The van der Waals surface area contributed by atoms with Crippen molar-refractivity contribution in [1.29, 1.82) is 0 Å². The summed E-state index contributed by atoms with van der Waals surface area (Å²) in [6.45, 7) is 4.02. The van der Waals surface area contributed by atoms with Gasteiger partial charge in [-0.1, -0.05) is 6.07 Å². The van der Waals surface area contributed by atoms with E-state index >= 15 is 0 Å². The number of aryl methyl sites for hydroxylation is 1. The number of hydrogen-bond donors (Lipinski definition) is 2. The summed E-state index contributed by atoms with van der Waals surface area (Å²) in [5.41, 5.74) is 0.691. The Balaban J connectivity index is 1.33. The Morgan fingerprint density at radius 2 is 2.00 bits per heavy atom. The van der Waals surface area contributed by atoms with E-state index in [0.717, 1.165) is 23.8 Å². The largest absolute Gasteiger partial charge is 0.433 e. The Hall–Kier alpha value is -4.39. The van der Waals surface area contributed by atoms with Crippen LogP contribution in [0.25, 0.3) is 11.6 Å². The number of amides is 1. The molecule has 1 saturated heterocycles. The number of ether oxygens (including phenoxy) is 1. The number of halogens is 4. The lowest BCUT2D eigenvalue weighted by molar-refractivity contribution is -0.141. The summed E-state index contributed by atoms with van der Waals surface area (Å²) < 4.78 is 59.2. The number of anilines is 3. The molecule has 0 bridgehead atoms. The van der Waals surface area contributed by atoms with Gasteiger partial charge in [0, 0.05) is 23.9 Å². The molecule has 3 aliphatic rings. The highest BCUT2D eigenvalue weighted by molar-refractivity contribution is 6.36. The van der Waals surface area contributed by atoms with E-state index in [9.17, 15) is 22.4 Å².